The van der Waals surface area contributed by atoms with Crippen LogP contribution >= 0.6 is 0 Å². The van der Waals surface area contributed by atoms with E-state index in [1.54, 1.807) is 24.3 Å². The quantitative estimate of drug-likeness (QED) is 0.595. The lowest BCUT2D eigenvalue weighted by atomic mass is 10.1. The molecule has 0 aliphatic carbocycles. The van der Waals surface area contributed by atoms with Gasteiger partial charge >= 0.3 is 0 Å². The third-order valence-corrected chi connectivity index (χ3v) is 2.67. The number of hydrogen-bond donors (Lipinski definition) is 1. The van der Waals surface area contributed by atoms with E-state index in [1.807, 2.05) is 37.2 Å². The van der Waals surface area contributed by atoms with Gasteiger partial charge in [-0.25, -0.2) is 0 Å². The monoisotopic (exact) mass is 272 g/mol. The van der Waals surface area contributed by atoms with Crippen LogP contribution in [-0.4, -0.2) is 30.2 Å². The highest BCUT2D eigenvalue weighted by molar-refractivity contribution is 6.37. The Morgan fingerprint density at radius 1 is 1.50 bits per heavy atom. The molecule has 106 valence electrons. The van der Waals surface area contributed by atoms with Crippen LogP contribution < -0.4 is 5.32 Å². The maximum Gasteiger partial charge on any atom is 0.292 e. The summed E-state index contributed by atoms with van der Waals surface area (Å²) in [5.41, 5.74) is 1.48. The van der Waals surface area contributed by atoms with Gasteiger partial charge in [0.05, 0.1) is 0 Å². The van der Waals surface area contributed by atoms with Crippen LogP contribution in [-0.2, 0) is 9.59 Å². The molecule has 0 saturated heterocycles. The molecule has 1 heterocycles. The van der Waals surface area contributed by atoms with Crippen molar-refractivity contribution >= 4 is 11.7 Å². The SMILES string of the molecule is C=C/C=C(\C=CC)NC(=O)C(=O)CC1=CC=CN(C)C1. The Balaban J connectivity index is 2.61. The van der Waals surface area contributed by atoms with Gasteiger partial charge in [-0.2, -0.15) is 0 Å². The molecule has 4 nitrogen and oxygen atoms in total. The number of rotatable bonds is 6. The van der Waals surface area contributed by atoms with Crippen molar-refractivity contribution in [2.75, 3.05) is 13.6 Å². The number of nitrogens with zero attached hydrogens (tertiary/aromatic N) is 1. The van der Waals surface area contributed by atoms with Gasteiger partial charge in [0, 0.05) is 25.7 Å². The van der Waals surface area contributed by atoms with Crippen molar-refractivity contribution in [1.82, 2.24) is 10.2 Å². The van der Waals surface area contributed by atoms with Gasteiger partial charge in [0.1, 0.15) is 0 Å². The number of ketones is 1. The third-order valence-electron chi connectivity index (χ3n) is 2.67. The fraction of sp³-hybridized carbons (Fsp3) is 0.250. The van der Waals surface area contributed by atoms with Crippen molar-refractivity contribution in [3.63, 3.8) is 0 Å². The summed E-state index contributed by atoms with van der Waals surface area (Å²) < 4.78 is 0. The average Bonchev–Trinajstić information content (AvgIpc) is 2.39. The van der Waals surface area contributed by atoms with Crippen molar-refractivity contribution in [1.29, 1.82) is 0 Å². The van der Waals surface area contributed by atoms with Crippen molar-refractivity contribution in [3.05, 3.63) is 60.5 Å². The number of allylic oxidation sites excluding steroid dienone is 6. The molecule has 0 radical (unpaired) electrons. The van der Waals surface area contributed by atoms with Crippen molar-refractivity contribution in [2.45, 2.75) is 13.3 Å². The number of amides is 1. The minimum atomic E-state index is -0.602. The summed E-state index contributed by atoms with van der Waals surface area (Å²) in [5, 5.41) is 2.58. The van der Waals surface area contributed by atoms with Gasteiger partial charge in [0.25, 0.3) is 5.91 Å². The zero-order chi connectivity index (χ0) is 15.0. The Bertz CT molecular complexity index is 511. The first kappa shape index (κ1) is 15.7. The van der Waals surface area contributed by atoms with Crippen LogP contribution in [0.4, 0.5) is 0 Å². The fourth-order valence-corrected chi connectivity index (χ4v) is 1.80. The molecular weight excluding hydrogens is 252 g/mol. The highest BCUT2D eigenvalue weighted by atomic mass is 16.2. The molecule has 0 saturated carbocycles. The van der Waals surface area contributed by atoms with E-state index >= 15 is 0 Å². The highest BCUT2D eigenvalue weighted by Gasteiger charge is 2.17. The number of Topliss-reactive ketones (excluding diaryl/α,β-unsaturated/α-hetero) is 1. The lowest BCUT2D eigenvalue weighted by Crippen LogP contribution is -2.31. The number of likely N-dealkylation sites (N-methyl/N-ethyl adjacent to an activating group) is 1. The van der Waals surface area contributed by atoms with Gasteiger partial charge in [0.15, 0.2) is 0 Å². The first-order valence-electron chi connectivity index (χ1n) is 6.43. The number of nitrogens with one attached hydrogen (secondary N) is 1. The number of carbonyl (C=O) groups excluding carboxylic acids is 2. The Hall–Kier alpha value is -2.36. The van der Waals surface area contributed by atoms with Crippen LogP contribution in [0, 0.1) is 0 Å². The minimum Gasteiger partial charge on any atom is -0.376 e. The van der Waals surface area contributed by atoms with E-state index in [9.17, 15) is 9.59 Å². The van der Waals surface area contributed by atoms with Gasteiger partial charge in [-0.15, -0.1) is 0 Å². The first-order valence-corrected chi connectivity index (χ1v) is 6.43. The molecule has 20 heavy (non-hydrogen) atoms. The number of carbonyl (C=O) groups is 2. The lowest BCUT2D eigenvalue weighted by molar-refractivity contribution is -0.137. The van der Waals surface area contributed by atoms with Crippen molar-refractivity contribution < 1.29 is 9.59 Å². The molecule has 4 heteroatoms. The third kappa shape index (κ3) is 5.10. The van der Waals surface area contributed by atoms with E-state index in [2.05, 4.69) is 11.9 Å². The maximum atomic E-state index is 11.9. The smallest absolute Gasteiger partial charge is 0.292 e. The molecular formula is C16H20N2O2. The first-order chi connectivity index (χ1) is 9.56. The molecule has 0 aromatic carbocycles. The van der Waals surface area contributed by atoms with Crippen LogP contribution in [0.25, 0.3) is 0 Å². The molecule has 1 N–H and O–H groups in total. The highest BCUT2D eigenvalue weighted by Crippen LogP contribution is 2.10. The van der Waals surface area contributed by atoms with Gasteiger partial charge in [-0.3, -0.25) is 9.59 Å². The Kier molecular flexibility index (Phi) is 6.23. The zero-order valence-corrected chi connectivity index (χ0v) is 11.9. The molecule has 1 amide bonds. The normalized spacial score (nSPS) is 15.2. The summed E-state index contributed by atoms with van der Waals surface area (Å²) in [6, 6.07) is 0. The van der Waals surface area contributed by atoms with E-state index in [1.165, 1.54) is 0 Å². The predicted molar refractivity (Wildman–Crippen MR) is 80.7 cm³/mol. The summed E-state index contributed by atoms with van der Waals surface area (Å²) in [4.78, 5) is 25.7. The minimum absolute atomic E-state index is 0.137. The van der Waals surface area contributed by atoms with Gasteiger partial charge in [0.2, 0.25) is 5.78 Å². The molecule has 0 aromatic heterocycles. The van der Waals surface area contributed by atoms with Crippen LogP contribution in [0.1, 0.15) is 13.3 Å². The summed E-state index contributed by atoms with van der Waals surface area (Å²) in [7, 11) is 1.92. The van der Waals surface area contributed by atoms with Gasteiger partial charge in [-0.1, -0.05) is 24.8 Å². The molecule has 0 bridgehead atoms. The largest absolute Gasteiger partial charge is 0.376 e. The van der Waals surface area contributed by atoms with E-state index < -0.39 is 11.7 Å². The van der Waals surface area contributed by atoms with Crippen molar-refractivity contribution in [3.8, 4) is 0 Å². The van der Waals surface area contributed by atoms with Crippen LogP contribution in [0.3, 0.4) is 0 Å². The van der Waals surface area contributed by atoms with Crippen LogP contribution in [0.5, 0.6) is 0 Å². The Morgan fingerprint density at radius 3 is 2.85 bits per heavy atom. The van der Waals surface area contributed by atoms with E-state index in [0.29, 0.717) is 12.2 Å². The van der Waals surface area contributed by atoms with Crippen molar-refractivity contribution in [2.24, 2.45) is 0 Å². The topological polar surface area (TPSA) is 49.4 Å². The number of hydrogen-bond acceptors (Lipinski definition) is 3. The maximum absolute atomic E-state index is 11.9. The zero-order valence-electron chi connectivity index (χ0n) is 11.9. The summed E-state index contributed by atoms with van der Waals surface area (Å²) in [5.74, 6) is -1.05. The van der Waals surface area contributed by atoms with Gasteiger partial charge in [-0.05, 0) is 36.9 Å². The molecule has 0 aromatic rings. The summed E-state index contributed by atoms with van der Waals surface area (Å²) >= 11 is 0. The molecule has 0 spiro atoms. The summed E-state index contributed by atoms with van der Waals surface area (Å²) in [6.45, 7) is 6.07. The second-order valence-electron chi connectivity index (χ2n) is 4.49. The Labute approximate surface area is 119 Å². The van der Waals surface area contributed by atoms with Gasteiger partial charge < -0.3 is 10.2 Å². The molecule has 1 aliphatic rings. The lowest BCUT2D eigenvalue weighted by Gasteiger charge is -2.19. The second-order valence-corrected chi connectivity index (χ2v) is 4.49. The van der Waals surface area contributed by atoms with Crippen LogP contribution in [0.15, 0.2) is 60.5 Å². The second kappa shape index (κ2) is 7.94. The Morgan fingerprint density at radius 2 is 2.25 bits per heavy atom. The molecule has 0 fully saturated rings. The molecule has 1 aliphatic heterocycles. The average molecular weight is 272 g/mol. The van der Waals surface area contributed by atoms with E-state index in [4.69, 9.17) is 0 Å². The molecule has 0 atom stereocenters. The standard InChI is InChI=1S/C16H20N2O2/c1-4-7-14(8-5-2)17-16(20)15(19)11-13-9-6-10-18(3)12-13/h4-10H,1,11-12H2,2-3H3,(H,17,20)/b8-5?,14-7+. The molecule has 1 rings (SSSR count). The van der Waals surface area contributed by atoms with E-state index in [0.717, 1.165) is 5.57 Å². The fourth-order valence-electron chi connectivity index (χ4n) is 1.80. The predicted octanol–water partition coefficient (Wildman–Crippen LogP) is 2.09. The summed E-state index contributed by atoms with van der Waals surface area (Å²) in [6.07, 6.45) is 12.5. The van der Waals surface area contributed by atoms with Crippen LogP contribution in [0.2, 0.25) is 0 Å². The molecule has 0 unspecified atom stereocenters. The van der Waals surface area contributed by atoms with E-state index in [-0.39, 0.29) is 6.42 Å².